The van der Waals surface area contributed by atoms with Crippen LogP contribution in [0.4, 0.5) is 0 Å². The largest absolute Gasteiger partial charge is 0.427 e. The minimum absolute atomic E-state index is 0.125. The molecule has 41 heavy (non-hydrogen) atoms. The number of aromatic nitrogens is 1. The zero-order valence-electron chi connectivity index (χ0n) is 22.8. The molecule has 1 atom stereocenters. The average molecular weight is 593 g/mol. The summed E-state index contributed by atoms with van der Waals surface area (Å²) in [5.41, 5.74) is 2.79. The highest BCUT2D eigenvalue weighted by Gasteiger charge is 2.19. The normalized spacial score (nSPS) is 12.3. The molecule has 1 heterocycles. The summed E-state index contributed by atoms with van der Waals surface area (Å²) in [5.74, 6) is -0.0345. The Morgan fingerprint density at radius 1 is 0.927 bits per heavy atom. The first-order chi connectivity index (χ1) is 19.7. The SMILES string of the molecule is CCCC(=O)Oc1ccc(S(=O)(=O)c2ccc(CCN(Cc3ccccc3)CC(O)c3ccc(Cl)nc3)cc2)cc1. The first kappa shape index (κ1) is 30.4. The van der Waals surface area contributed by atoms with Crippen molar-refractivity contribution in [3.05, 3.63) is 119 Å². The monoisotopic (exact) mass is 592 g/mol. The van der Waals surface area contributed by atoms with E-state index in [0.29, 0.717) is 55.4 Å². The number of carbonyl (C=O) groups excluding carboxylic acids is 1. The molecule has 7 nitrogen and oxygen atoms in total. The molecule has 1 aromatic heterocycles. The smallest absolute Gasteiger partial charge is 0.311 e. The molecule has 3 aromatic carbocycles. The molecule has 0 fully saturated rings. The quantitative estimate of drug-likeness (QED) is 0.115. The Morgan fingerprint density at radius 3 is 2.20 bits per heavy atom. The van der Waals surface area contributed by atoms with Crippen LogP contribution in [0.15, 0.2) is 107 Å². The first-order valence-corrected chi connectivity index (χ1v) is 15.3. The fourth-order valence-corrected chi connectivity index (χ4v) is 5.72. The van der Waals surface area contributed by atoms with Crippen molar-refractivity contribution >= 4 is 27.4 Å². The fourth-order valence-electron chi connectivity index (χ4n) is 4.34. The van der Waals surface area contributed by atoms with Crippen molar-refractivity contribution in [3.63, 3.8) is 0 Å². The molecule has 0 bridgehead atoms. The number of aliphatic hydroxyl groups is 1. The van der Waals surface area contributed by atoms with Gasteiger partial charge in [-0.25, -0.2) is 13.4 Å². The topological polar surface area (TPSA) is 96.8 Å². The van der Waals surface area contributed by atoms with Crippen LogP contribution in [0.5, 0.6) is 5.75 Å². The molecule has 1 N–H and O–H groups in total. The lowest BCUT2D eigenvalue weighted by Gasteiger charge is -2.25. The number of carbonyl (C=O) groups is 1. The second kappa shape index (κ2) is 14.4. The summed E-state index contributed by atoms with van der Waals surface area (Å²) in [6.45, 7) is 3.58. The Morgan fingerprint density at radius 2 is 1.59 bits per heavy atom. The van der Waals surface area contributed by atoms with Gasteiger partial charge in [0.05, 0.1) is 15.9 Å². The van der Waals surface area contributed by atoms with E-state index in [4.69, 9.17) is 16.3 Å². The summed E-state index contributed by atoms with van der Waals surface area (Å²) >= 11 is 5.90. The van der Waals surface area contributed by atoms with Gasteiger partial charge < -0.3 is 9.84 Å². The third kappa shape index (κ3) is 8.71. The van der Waals surface area contributed by atoms with Gasteiger partial charge in [-0.3, -0.25) is 9.69 Å². The van der Waals surface area contributed by atoms with Gasteiger partial charge in [0, 0.05) is 37.8 Å². The molecule has 0 aliphatic rings. The van der Waals surface area contributed by atoms with E-state index in [-0.39, 0.29) is 15.8 Å². The van der Waals surface area contributed by atoms with Gasteiger partial charge in [-0.2, -0.15) is 0 Å². The standard InChI is InChI=1S/C32H33ClN2O5S/c1-2-6-32(37)40-27-12-16-29(17-13-27)41(38,39)28-14-9-24(10-15-28)19-20-35(22-25-7-4-3-5-8-25)23-30(36)26-11-18-31(33)34-21-26/h3-5,7-18,21,30,36H,2,6,19-20,22-23H2,1H3. The van der Waals surface area contributed by atoms with E-state index in [0.717, 1.165) is 11.1 Å². The third-order valence-corrected chi connectivity index (χ3v) is 8.59. The van der Waals surface area contributed by atoms with Crippen LogP contribution in [-0.2, 0) is 27.6 Å². The van der Waals surface area contributed by atoms with Gasteiger partial charge in [-0.1, -0.05) is 67.1 Å². The van der Waals surface area contributed by atoms with Crippen LogP contribution in [0.1, 0.15) is 42.6 Å². The van der Waals surface area contributed by atoms with Crippen molar-refractivity contribution in [1.82, 2.24) is 9.88 Å². The molecule has 0 saturated heterocycles. The average Bonchev–Trinajstić information content (AvgIpc) is 2.97. The molecule has 1 unspecified atom stereocenters. The lowest BCUT2D eigenvalue weighted by molar-refractivity contribution is -0.134. The van der Waals surface area contributed by atoms with Crippen LogP contribution in [0.2, 0.25) is 5.15 Å². The van der Waals surface area contributed by atoms with Gasteiger partial charge in [0.2, 0.25) is 9.84 Å². The minimum Gasteiger partial charge on any atom is -0.427 e. The van der Waals surface area contributed by atoms with Crippen molar-refractivity contribution < 1.29 is 23.1 Å². The predicted octanol–water partition coefficient (Wildman–Crippen LogP) is 6.05. The summed E-state index contributed by atoms with van der Waals surface area (Å²) in [6.07, 6.45) is 2.49. The molecule has 4 aromatic rings. The van der Waals surface area contributed by atoms with Crippen LogP contribution < -0.4 is 4.74 Å². The lowest BCUT2D eigenvalue weighted by atomic mass is 10.1. The number of hydrogen-bond acceptors (Lipinski definition) is 7. The molecule has 9 heteroatoms. The van der Waals surface area contributed by atoms with E-state index in [2.05, 4.69) is 9.88 Å². The Balaban J connectivity index is 1.42. The molecule has 0 aliphatic heterocycles. The number of hydrogen-bond donors (Lipinski definition) is 1. The van der Waals surface area contributed by atoms with Crippen LogP contribution in [0.25, 0.3) is 0 Å². The number of halogens is 1. The van der Waals surface area contributed by atoms with Crippen LogP contribution in [-0.4, -0.2) is 42.5 Å². The van der Waals surface area contributed by atoms with Crippen molar-refractivity contribution in [2.24, 2.45) is 0 Å². The Hall–Kier alpha value is -3.56. The van der Waals surface area contributed by atoms with Crippen molar-refractivity contribution in [2.45, 2.75) is 48.6 Å². The van der Waals surface area contributed by atoms with E-state index < -0.39 is 15.9 Å². The molecule has 0 aliphatic carbocycles. The zero-order chi connectivity index (χ0) is 29.2. The van der Waals surface area contributed by atoms with E-state index in [1.165, 1.54) is 24.3 Å². The summed E-state index contributed by atoms with van der Waals surface area (Å²) in [4.78, 5) is 18.2. The number of nitrogens with zero attached hydrogens (tertiary/aromatic N) is 2. The highest BCUT2D eigenvalue weighted by Crippen LogP contribution is 2.24. The summed E-state index contributed by atoms with van der Waals surface area (Å²) in [5, 5.41) is 11.2. The summed E-state index contributed by atoms with van der Waals surface area (Å²) in [7, 11) is -3.73. The number of esters is 1. The Bertz CT molecular complexity index is 1510. The lowest BCUT2D eigenvalue weighted by Crippen LogP contribution is -2.30. The van der Waals surface area contributed by atoms with E-state index in [9.17, 15) is 18.3 Å². The number of rotatable bonds is 13. The minimum atomic E-state index is -3.73. The van der Waals surface area contributed by atoms with E-state index >= 15 is 0 Å². The second-order valence-electron chi connectivity index (χ2n) is 9.74. The van der Waals surface area contributed by atoms with E-state index in [1.54, 1.807) is 30.5 Å². The van der Waals surface area contributed by atoms with Gasteiger partial charge in [-0.15, -0.1) is 0 Å². The second-order valence-corrected chi connectivity index (χ2v) is 12.1. The van der Waals surface area contributed by atoms with Gasteiger partial charge in [0.1, 0.15) is 10.9 Å². The van der Waals surface area contributed by atoms with Crippen molar-refractivity contribution in [3.8, 4) is 5.75 Å². The summed E-state index contributed by atoms with van der Waals surface area (Å²) in [6, 6.07) is 26.2. The highest BCUT2D eigenvalue weighted by atomic mass is 35.5. The van der Waals surface area contributed by atoms with Crippen molar-refractivity contribution in [1.29, 1.82) is 0 Å². The van der Waals surface area contributed by atoms with Crippen LogP contribution in [0, 0.1) is 0 Å². The van der Waals surface area contributed by atoms with Gasteiger partial charge in [0.25, 0.3) is 0 Å². The number of ether oxygens (including phenoxy) is 1. The molecular formula is C32H33ClN2O5S. The maximum atomic E-state index is 13.2. The van der Waals surface area contributed by atoms with Crippen LogP contribution in [0.3, 0.4) is 0 Å². The highest BCUT2D eigenvalue weighted by molar-refractivity contribution is 7.91. The fraction of sp³-hybridized carbons (Fsp3) is 0.250. The van der Waals surface area contributed by atoms with E-state index in [1.807, 2.05) is 49.4 Å². The van der Waals surface area contributed by atoms with Gasteiger partial charge in [-0.05, 0) is 66.4 Å². The summed E-state index contributed by atoms with van der Waals surface area (Å²) < 4.78 is 31.6. The molecule has 0 saturated carbocycles. The van der Waals surface area contributed by atoms with Crippen molar-refractivity contribution in [2.75, 3.05) is 13.1 Å². The number of aliphatic hydroxyl groups excluding tert-OH is 1. The van der Waals surface area contributed by atoms with Gasteiger partial charge in [0.15, 0.2) is 0 Å². The van der Waals surface area contributed by atoms with Gasteiger partial charge >= 0.3 is 5.97 Å². The molecule has 4 rings (SSSR count). The number of benzene rings is 3. The first-order valence-electron chi connectivity index (χ1n) is 13.4. The molecular weight excluding hydrogens is 560 g/mol. The maximum absolute atomic E-state index is 13.2. The molecule has 214 valence electrons. The molecule has 0 amide bonds. The predicted molar refractivity (Wildman–Crippen MR) is 159 cm³/mol. The zero-order valence-corrected chi connectivity index (χ0v) is 24.4. The number of pyridine rings is 1. The Labute approximate surface area is 246 Å². The van der Waals surface area contributed by atoms with Crippen LogP contribution >= 0.6 is 11.6 Å². The Kier molecular flexibility index (Phi) is 10.7. The number of sulfone groups is 1. The maximum Gasteiger partial charge on any atom is 0.311 e. The third-order valence-electron chi connectivity index (χ3n) is 6.59. The molecule has 0 spiro atoms. The molecule has 0 radical (unpaired) electrons.